The van der Waals surface area contributed by atoms with E-state index in [1.807, 2.05) is 0 Å². The van der Waals surface area contributed by atoms with Crippen molar-refractivity contribution in [2.24, 2.45) is 17.8 Å². The topological polar surface area (TPSA) is 0 Å². The van der Waals surface area contributed by atoms with Gasteiger partial charge in [0.15, 0.2) is 0 Å². The van der Waals surface area contributed by atoms with Gasteiger partial charge in [0.05, 0.1) is 0 Å². The Bertz CT molecular complexity index is 408. The summed E-state index contributed by atoms with van der Waals surface area (Å²) < 4.78 is 1.51. The van der Waals surface area contributed by atoms with Gasteiger partial charge in [-0.15, -0.1) is 17.9 Å². The molecule has 0 N–H and O–H groups in total. The van der Waals surface area contributed by atoms with E-state index in [9.17, 15) is 0 Å². The number of allylic oxidation sites excluding steroid dienone is 8. The van der Waals surface area contributed by atoms with Crippen molar-refractivity contribution in [3.63, 3.8) is 0 Å². The maximum atomic E-state index is 2.53. The van der Waals surface area contributed by atoms with E-state index >= 15 is 0 Å². The second kappa shape index (κ2) is 10.1. The molecule has 0 radical (unpaired) electrons. The molecule has 3 rings (SSSR count). The maximum absolute atomic E-state index is 2.53. The molecule has 0 amide bonds. The summed E-state index contributed by atoms with van der Waals surface area (Å²) in [4.78, 5) is 0. The SMILES string of the molecule is C1=CCC(C2[CH-]C3C=CC=CC3C2)=C1.C[C](C)=[Zr+2].[Cl-].[Cl-]. The summed E-state index contributed by atoms with van der Waals surface area (Å²) in [6.45, 7) is 4.25. The van der Waals surface area contributed by atoms with Crippen LogP contribution < -0.4 is 24.8 Å². The molecular weight excluding hydrogens is 366 g/mol. The van der Waals surface area contributed by atoms with Crippen LogP contribution in [-0.2, 0) is 24.2 Å². The fourth-order valence-corrected chi connectivity index (χ4v) is 2.77. The van der Waals surface area contributed by atoms with Crippen LogP contribution in [0.5, 0.6) is 0 Å². The van der Waals surface area contributed by atoms with Crippen LogP contribution in [0.3, 0.4) is 0 Å². The number of halogens is 2. The smallest absolute Gasteiger partial charge is 1.00 e. The molecule has 1 fully saturated rings. The molecule has 20 heavy (non-hydrogen) atoms. The van der Waals surface area contributed by atoms with E-state index in [2.05, 4.69) is 62.8 Å². The zero-order valence-electron chi connectivity index (χ0n) is 12.0. The van der Waals surface area contributed by atoms with Crippen LogP contribution in [0.1, 0.15) is 26.7 Å². The van der Waals surface area contributed by atoms with Gasteiger partial charge in [0.1, 0.15) is 0 Å². The molecule has 0 bridgehead atoms. The average molecular weight is 387 g/mol. The predicted molar refractivity (Wildman–Crippen MR) is 75.9 cm³/mol. The zero-order valence-corrected chi connectivity index (χ0v) is 16.0. The standard InChI is InChI=1S/C14H15.C3H6.2ClH.Zr/c1-2-6-11(5-1)14-9-12-7-3-4-8-13(12)10-14;1-3-2;;;/h1-5,7-9,12-14H,6,10H2;1-2H3;2*1H;/q-1;;;;+2/p-2. The molecule has 3 unspecified atom stereocenters. The Morgan fingerprint density at radius 2 is 1.80 bits per heavy atom. The molecule has 3 atom stereocenters. The Balaban J connectivity index is 0.000000542. The third kappa shape index (κ3) is 5.96. The van der Waals surface area contributed by atoms with Crippen LogP contribution in [0.25, 0.3) is 0 Å². The summed E-state index contributed by atoms with van der Waals surface area (Å²) in [7, 11) is 0. The van der Waals surface area contributed by atoms with Crippen LogP contribution in [0.2, 0.25) is 0 Å². The number of hydrogen-bond donors (Lipinski definition) is 0. The Hall–Kier alpha value is 0.293. The minimum atomic E-state index is 0. The van der Waals surface area contributed by atoms with Gasteiger partial charge in [-0.1, -0.05) is 48.5 Å². The number of hydrogen-bond acceptors (Lipinski definition) is 0. The first-order valence-corrected chi connectivity index (χ1v) is 7.97. The van der Waals surface area contributed by atoms with Gasteiger partial charge in [-0.05, 0) is 12.3 Å². The van der Waals surface area contributed by atoms with E-state index in [1.54, 1.807) is 29.8 Å². The molecule has 1 saturated carbocycles. The summed E-state index contributed by atoms with van der Waals surface area (Å²) in [6, 6.07) is 0. The van der Waals surface area contributed by atoms with Gasteiger partial charge >= 0.3 is 41.3 Å². The van der Waals surface area contributed by atoms with Gasteiger partial charge in [0.2, 0.25) is 0 Å². The quantitative estimate of drug-likeness (QED) is 0.467. The number of fused-ring (bicyclic) bond motifs is 1. The van der Waals surface area contributed by atoms with Gasteiger partial charge < -0.3 is 31.2 Å². The van der Waals surface area contributed by atoms with E-state index in [1.165, 1.54) is 16.0 Å². The minimum absolute atomic E-state index is 0. The fourth-order valence-electron chi connectivity index (χ4n) is 2.77. The van der Waals surface area contributed by atoms with Crippen LogP contribution >= 0.6 is 0 Å². The van der Waals surface area contributed by atoms with Crippen molar-refractivity contribution in [3.05, 3.63) is 54.5 Å². The van der Waals surface area contributed by atoms with Gasteiger partial charge in [0, 0.05) is 0 Å². The fraction of sp³-hybridized carbons (Fsp3) is 0.412. The molecule has 108 valence electrons. The van der Waals surface area contributed by atoms with Gasteiger partial charge in [-0.25, -0.2) is 0 Å². The molecular formula is C17H21Cl2Zr-. The van der Waals surface area contributed by atoms with E-state index in [-0.39, 0.29) is 24.8 Å². The molecule has 3 aliphatic rings. The summed E-state index contributed by atoms with van der Waals surface area (Å²) in [6.07, 6.45) is 20.9. The van der Waals surface area contributed by atoms with Crippen molar-refractivity contribution in [1.29, 1.82) is 0 Å². The Morgan fingerprint density at radius 1 is 1.15 bits per heavy atom. The molecule has 0 saturated heterocycles. The van der Waals surface area contributed by atoms with Crippen LogP contribution in [0.15, 0.2) is 48.1 Å². The zero-order chi connectivity index (χ0) is 13.0. The van der Waals surface area contributed by atoms with Crippen molar-refractivity contribution in [1.82, 2.24) is 0 Å². The maximum Gasteiger partial charge on any atom is -1.00 e. The monoisotopic (exact) mass is 385 g/mol. The summed E-state index contributed by atoms with van der Waals surface area (Å²) in [5.74, 6) is 2.20. The van der Waals surface area contributed by atoms with E-state index < -0.39 is 0 Å². The van der Waals surface area contributed by atoms with Crippen molar-refractivity contribution < 1.29 is 49.0 Å². The van der Waals surface area contributed by atoms with Crippen molar-refractivity contribution >= 4 is 3.21 Å². The molecule has 3 aliphatic carbocycles. The van der Waals surface area contributed by atoms with Crippen LogP contribution in [0, 0.1) is 24.2 Å². The second-order valence-electron chi connectivity index (χ2n) is 5.42. The van der Waals surface area contributed by atoms with Crippen molar-refractivity contribution in [2.75, 3.05) is 0 Å². The normalized spacial score (nSPS) is 28.6. The first-order valence-electron chi connectivity index (χ1n) is 6.74. The summed E-state index contributed by atoms with van der Waals surface area (Å²) in [5, 5.41) is 0. The Morgan fingerprint density at radius 3 is 2.35 bits per heavy atom. The van der Waals surface area contributed by atoms with Crippen molar-refractivity contribution in [3.8, 4) is 0 Å². The van der Waals surface area contributed by atoms with Crippen LogP contribution in [-0.4, -0.2) is 3.21 Å². The molecule has 0 heterocycles. The van der Waals surface area contributed by atoms with E-state index in [0.29, 0.717) is 5.92 Å². The third-order valence-corrected chi connectivity index (χ3v) is 3.55. The molecule has 0 nitrogen and oxygen atoms in total. The Labute approximate surface area is 150 Å². The molecule has 0 spiro atoms. The largest absolute Gasteiger partial charge is 1.00 e. The predicted octanol–water partition coefficient (Wildman–Crippen LogP) is -1.79. The summed E-state index contributed by atoms with van der Waals surface area (Å²) in [5.41, 5.74) is 1.61. The van der Waals surface area contributed by atoms with E-state index in [4.69, 9.17) is 0 Å². The van der Waals surface area contributed by atoms with Crippen molar-refractivity contribution in [2.45, 2.75) is 26.7 Å². The Kier molecular flexibility index (Phi) is 10.2. The molecule has 0 aromatic carbocycles. The molecule has 3 heteroatoms. The van der Waals surface area contributed by atoms with E-state index in [0.717, 1.165) is 11.8 Å². The first-order chi connectivity index (χ1) is 8.66. The van der Waals surface area contributed by atoms with Crippen LogP contribution in [0.4, 0.5) is 0 Å². The molecule has 0 aromatic heterocycles. The molecule has 0 aromatic rings. The first kappa shape index (κ1) is 20.3. The summed E-state index contributed by atoms with van der Waals surface area (Å²) >= 11 is 1.55. The molecule has 0 aliphatic heterocycles. The van der Waals surface area contributed by atoms with Gasteiger partial charge in [0.25, 0.3) is 0 Å². The average Bonchev–Trinajstić information content (AvgIpc) is 2.97. The third-order valence-electron chi connectivity index (χ3n) is 3.55. The minimum Gasteiger partial charge on any atom is -1.00 e. The van der Waals surface area contributed by atoms with Gasteiger partial charge in [-0.2, -0.15) is 0 Å². The second-order valence-corrected chi connectivity index (χ2v) is 7.88. The van der Waals surface area contributed by atoms with Gasteiger partial charge in [-0.3, -0.25) is 0 Å². The number of rotatable bonds is 1.